The monoisotopic (exact) mass is 258 g/mol. The number of hydrogen-bond donors (Lipinski definition) is 2. The lowest BCUT2D eigenvalue weighted by molar-refractivity contribution is 0.973. The second-order valence-corrected chi connectivity index (χ2v) is 5.10. The summed E-state index contributed by atoms with van der Waals surface area (Å²) < 4.78 is 0. The fourth-order valence-electron chi connectivity index (χ4n) is 1.84. The highest BCUT2D eigenvalue weighted by Gasteiger charge is 2.02. The number of H-pyrrole nitrogens is 1. The van der Waals surface area contributed by atoms with Gasteiger partial charge in [-0.15, -0.1) is 11.3 Å². The third-order valence-electron chi connectivity index (χ3n) is 2.69. The van der Waals surface area contributed by atoms with E-state index in [1.165, 1.54) is 0 Å². The van der Waals surface area contributed by atoms with Crippen molar-refractivity contribution in [3.63, 3.8) is 0 Å². The number of aromatic nitrogens is 3. The van der Waals surface area contributed by atoms with Gasteiger partial charge in [0.25, 0.3) is 0 Å². The molecule has 0 fully saturated rings. The van der Waals surface area contributed by atoms with Crippen LogP contribution in [0.2, 0.25) is 0 Å². The van der Waals surface area contributed by atoms with Crippen LogP contribution in [-0.4, -0.2) is 21.5 Å². The number of para-hydroxylation sites is 2. The number of fused-ring (bicyclic) bond motifs is 1. The van der Waals surface area contributed by atoms with Gasteiger partial charge in [0.2, 0.25) is 5.95 Å². The number of anilines is 1. The minimum absolute atomic E-state index is 0.824. The van der Waals surface area contributed by atoms with Crippen LogP contribution in [0.5, 0.6) is 0 Å². The van der Waals surface area contributed by atoms with Gasteiger partial charge in [-0.2, -0.15) is 0 Å². The molecule has 0 radical (unpaired) electrons. The lowest BCUT2D eigenvalue weighted by Crippen LogP contribution is -2.05. The molecule has 0 unspecified atom stereocenters. The molecule has 2 N–H and O–H groups in total. The minimum atomic E-state index is 0.824. The van der Waals surface area contributed by atoms with Crippen molar-refractivity contribution in [1.82, 2.24) is 15.0 Å². The maximum Gasteiger partial charge on any atom is 0.201 e. The lowest BCUT2D eigenvalue weighted by atomic mass is 10.3. The zero-order chi connectivity index (χ0) is 12.4. The van der Waals surface area contributed by atoms with E-state index >= 15 is 0 Å². The predicted octanol–water partition coefficient (Wildman–Crippen LogP) is 2.98. The Bertz CT molecular complexity index is 623. The van der Waals surface area contributed by atoms with E-state index < -0.39 is 0 Å². The topological polar surface area (TPSA) is 53.6 Å². The summed E-state index contributed by atoms with van der Waals surface area (Å²) in [5, 5.41) is 6.53. The molecule has 92 valence electrons. The predicted molar refractivity (Wildman–Crippen MR) is 75.1 cm³/mol. The fourth-order valence-corrected chi connectivity index (χ4v) is 2.62. The van der Waals surface area contributed by atoms with E-state index in [2.05, 4.69) is 25.6 Å². The first kappa shape index (κ1) is 11.2. The van der Waals surface area contributed by atoms with E-state index in [0.29, 0.717) is 0 Å². The van der Waals surface area contributed by atoms with E-state index in [1.54, 1.807) is 11.3 Å². The maximum absolute atomic E-state index is 4.47. The number of nitrogens with one attached hydrogen (secondary N) is 2. The molecule has 0 saturated heterocycles. The number of rotatable bonds is 4. The van der Waals surface area contributed by atoms with E-state index in [1.807, 2.05) is 31.2 Å². The molecule has 3 rings (SSSR count). The molecular formula is C13H14N4S. The summed E-state index contributed by atoms with van der Waals surface area (Å²) in [6.07, 6.45) is 0.926. The third-order valence-corrected chi connectivity index (χ3v) is 3.71. The van der Waals surface area contributed by atoms with E-state index in [0.717, 1.165) is 40.6 Å². The van der Waals surface area contributed by atoms with Crippen molar-refractivity contribution >= 4 is 28.3 Å². The molecule has 18 heavy (non-hydrogen) atoms. The van der Waals surface area contributed by atoms with E-state index in [4.69, 9.17) is 0 Å². The first-order chi connectivity index (χ1) is 8.81. The van der Waals surface area contributed by atoms with Crippen molar-refractivity contribution < 1.29 is 0 Å². The first-order valence-corrected chi connectivity index (χ1v) is 6.79. The Morgan fingerprint density at radius 1 is 1.28 bits per heavy atom. The van der Waals surface area contributed by atoms with Gasteiger partial charge >= 0.3 is 0 Å². The Balaban J connectivity index is 1.62. The largest absolute Gasteiger partial charge is 0.355 e. The summed E-state index contributed by atoms with van der Waals surface area (Å²) in [6, 6.07) is 8.02. The highest BCUT2D eigenvalue weighted by molar-refractivity contribution is 7.09. The van der Waals surface area contributed by atoms with Crippen LogP contribution in [-0.2, 0) is 6.42 Å². The molecule has 0 aliphatic carbocycles. The normalized spacial score (nSPS) is 10.9. The highest BCUT2D eigenvalue weighted by atomic mass is 32.1. The molecule has 0 bridgehead atoms. The molecule has 5 heteroatoms. The zero-order valence-corrected chi connectivity index (χ0v) is 10.9. The number of hydrogen-bond acceptors (Lipinski definition) is 4. The van der Waals surface area contributed by atoms with E-state index in [9.17, 15) is 0 Å². The number of thiazole rings is 1. The zero-order valence-electron chi connectivity index (χ0n) is 10.1. The van der Waals surface area contributed by atoms with Crippen LogP contribution in [0, 0.1) is 6.92 Å². The summed E-state index contributed by atoms with van der Waals surface area (Å²) >= 11 is 1.71. The molecule has 0 spiro atoms. The molecule has 0 atom stereocenters. The van der Waals surface area contributed by atoms with Gasteiger partial charge in [-0.05, 0) is 19.1 Å². The molecule has 1 aromatic carbocycles. The minimum Gasteiger partial charge on any atom is -0.355 e. The number of aryl methyl sites for hydroxylation is 1. The van der Waals surface area contributed by atoms with Crippen molar-refractivity contribution in [3.8, 4) is 0 Å². The van der Waals surface area contributed by atoms with Gasteiger partial charge in [0.05, 0.1) is 16.0 Å². The molecular weight excluding hydrogens is 244 g/mol. The summed E-state index contributed by atoms with van der Waals surface area (Å²) in [6.45, 7) is 2.86. The number of imidazole rings is 1. The summed E-state index contributed by atoms with van der Waals surface area (Å²) in [5.41, 5.74) is 3.15. The summed E-state index contributed by atoms with van der Waals surface area (Å²) in [7, 11) is 0. The van der Waals surface area contributed by atoms with Crippen LogP contribution in [0.1, 0.15) is 10.7 Å². The van der Waals surface area contributed by atoms with Crippen molar-refractivity contribution in [2.45, 2.75) is 13.3 Å². The van der Waals surface area contributed by atoms with Gasteiger partial charge in [-0.25, -0.2) is 9.97 Å². The van der Waals surface area contributed by atoms with Crippen molar-refractivity contribution in [2.24, 2.45) is 0 Å². The molecule has 0 aliphatic heterocycles. The average Bonchev–Trinajstić information content (AvgIpc) is 2.95. The molecule has 4 nitrogen and oxygen atoms in total. The Morgan fingerprint density at radius 3 is 2.94 bits per heavy atom. The Hall–Kier alpha value is -1.88. The van der Waals surface area contributed by atoms with E-state index in [-0.39, 0.29) is 0 Å². The second kappa shape index (κ2) is 4.78. The highest BCUT2D eigenvalue weighted by Crippen LogP contribution is 2.14. The van der Waals surface area contributed by atoms with Crippen LogP contribution < -0.4 is 5.32 Å². The molecule has 2 heterocycles. The molecule has 2 aromatic heterocycles. The summed E-state index contributed by atoms with van der Waals surface area (Å²) in [4.78, 5) is 12.1. The summed E-state index contributed by atoms with van der Waals surface area (Å²) in [5.74, 6) is 0.824. The second-order valence-electron chi connectivity index (χ2n) is 4.16. The van der Waals surface area contributed by atoms with Gasteiger partial charge in [-0.3, -0.25) is 0 Å². The Labute approximate surface area is 109 Å². The lowest BCUT2D eigenvalue weighted by Gasteiger charge is -1.99. The maximum atomic E-state index is 4.47. The van der Waals surface area contributed by atoms with Crippen LogP contribution in [0.3, 0.4) is 0 Å². The standard InChI is InChI=1S/C13H14N4S/c1-9-8-18-12(15-9)6-7-14-13-16-10-4-2-3-5-11(10)17-13/h2-5,8H,6-7H2,1H3,(H2,14,16,17). The molecule has 0 amide bonds. The molecule has 0 saturated carbocycles. The number of nitrogens with zero attached hydrogens (tertiary/aromatic N) is 2. The van der Waals surface area contributed by atoms with Gasteiger partial charge in [0, 0.05) is 24.0 Å². The van der Waals surface area contributed by atoms with Crippen molar-refractivity contribution in [2.75, 3.05) is 11.9 Å². The van der Waals surface area contributed by atoms with Gasteiger partial charge in [0.1, 0.15) is 0 Å². The van der Waals surface area contributed by atoms with Gasteiger partial charge in [-0.1, -0.05) is 12.1 Å². The van der Waals surface area contributed by atoms with Crippen LogP contribution in [0.4, 0.5) is 5.95 Å². The Kier molecular flexibility index (Phi) is 2.98. The third kappa shape index (κ3) is 2.36. The quantitative estimate of drug-likeness (QED) is 0.756. The SMILES string of the molecule is Cc1csc(CCNc2nc3ccccc3[nH]2)n1. The fraction of sp³-hybridized carbons (Fsp3) is 0.231. The Morgan fingerprint density at radius 2 is 2.17 bits per heavy atom. The first-order valence-electron chi connectivity index (χ1n) is 5.91. The smallest absolute Gasteiger partial charge is 0.201 e. The average molecular weight is 258 g/mol. The van der Waals surface area contributed by atoms with Crippen molar-refractivity contribution in [3.05, 3.63) is 40.3 Å². The van der Waals surface area contributed by atoms with Crippen LogP contribution in [0.25, 0.3) is 11.0 Å². The van der Waals surface area contributed by atoms with Crippen LogP contribution >= 0.6 is 11.3 Å². The molecule has 3 aromatic rings. The molecule has 0 aliphatic rings. The number of aromatic amines is 1. The number of benzene rings is 1. The van der Waals surface area contributed by atoms with Crippen molar-refractivity contribution in [1.29, 1.82) is 0 Å². The van der Waals surface area contributed by atoms with Crippen LogP contribution in [0.15, 0.2) is 29.6 Å². The van der Waals surface area contributed by atoms with Gasteiger partial charge < -0.3 is 10.3 Å². The van der Waals surface area contributed by atoms with Gasteiger partial charge in [0.15, 0.2) is 0 Å².